The van der Waals surface area contributed by atoms with Crippen LogP contribution < -0.4 is 10.6 Å². The molecule has 31 heavy (non-hydrogen) atoms. The van der Waals surface area contributed by atoms with Gasteiger partial charge in [0.25, 0.3) is 0 Å². The smallest absolute Gasteiger partial charge is 0.238 e. The van der Waals surface area contributed by atoms with Gasteiger partial charge in [-0.15, -0.1) is 0 Å². The van der Waals surface area contributed by atoms with Crippen LogP contribution in [0.5, 0.6) is 0 Å². The van der Waals surface area contributed by atoms with Crippen LogP contribution in [0.1, 0.15) is 44.9 Å². The first kappa shape index (κ1) is 21.6. The molecule has 0 unspecified atom stereocenters. The molecule has 2 aromatic rings. The van der Waals surface area contributed by atoms with Crippen molar-refractivity contribution in [2.45, 2.75) is 44.9 Å². The van der Waals surface area contributed by atoms with Gasteiger partial charge in [-0.25, -0.2) is 0 Å². The molecule has 4 rings (SSSR count). The third-order valence-corrected chi connectivity index (χ3v) is 6.52. The van der Waals surface area contributed by atoms with E-state index in [4.69, 9.17) is 0 Å². The van der Waals surface area contributed by atoms with E-state index in [2.05, 4.69) is 21.6 Å². The van der Waals surface area contributed by atoms with Crippen LogP contribution in [0.3, 0.4) is 0 Å². The highest BCUT2D eigenvalue weighted by Crippen LogP contribution is 2.23. The molecule has 2 aromatic carbocycles. The molecule has 2 aliphatic rings. The van der Waals surface area contributed by atoms with Crippen LogP contribution in [-0.2, 0) is 9.59 Å². The van der Waals surface area contributed by atoms with Gasteiger partial charge in [0.1, 0.15) is 0 Å². The lowest BCUT2D eigenvalue weighted by Gasteiger charge is -2.30. The van der Waals surface area contributed by atoms with Crippen molar-refractivity contribution >= 4 is 28.3 Å². The molecule has 1 saturated heterocycles. The molecule has 2 amide bonds. The maximum Gasteiger partial charge on any atom is 0.238 e. The van der Waals surface area contributed by atoms with Gasteiger partial charge in [0.05, 0.1) is 6.54 Å². The summed E-state index contributed by atoms with van der Waals surface area (Å²) in [6.45, 7) is 2.68. The number of rotatable bonds is 7. The average Bonchev–Trinajstić information content (AvgIpc) is 2.80. The standard InChI is InChI=1S/C26H33N3O2/c30-25(28-24-12-6-10-21-9-4-5-11-23(21)24)19-29-17-14-22(15-18-29)26(31)27-16-13-20-7-2-1-3-8-20/h4-7,9-12,22H,1-3,8,13-19H2,(H,27,31)(H,28,30). The number of anilines is 1. The first-order chi connectivity index (χ1) is 15.2. The van der Waals surface area contributed by atoms with Gasteiger partial charge in [-0.05, 0) is 69.5 Å². The summed E-state index contributed by atoms with van der Waals surface area (Å²) in [5.74, 6) is 0.244. The molecule has 1 heterocycles. The normalized spacial score (nSPS) is 17.9. The second kappa shape index (κ2) is 10.6. The molecule has 5 nitrogen and oxygen atoms in total. The Kier molecular flexibility index (Phi) is 7.36. The van der Waals surface area contributed by atoms with Gasteiger partial charge in [-0.3, -0.25) is 14.5 Å². The Morgan fingerprint density at radius 1 is 1.00 bits per heavy atom. The molecule has 164 valence electrons. The quantitative estimate of drug-likeness (QED) is 0.650. The van der Waals surface area contributed by atoms with Crippen molar-refractivity contribution in [3.8, 4) is 0 Å². The van der Waals surface area contributed by atoms with Gasteiger partial charge in [0.15, 0.2) is 0 Å². The molecule has 1 aliphatic carbocycles. The second-order valence-corrected chi connectivity index (χ2v) is 8.77. The number of carbonyl (C=O) groups excluding carboxylic acids is 2. The summed E-state index contributed by atoms with van der Waals surface area (Å²) in [6, 6.07) is 14.0. The van der Waals surface area contributed by atoms with Crippen molar-refractivity contribution in [1.29, 1.82) is 0 Å². The summed E-state index contributed by atoms with van der Waals surface area (Å²) in [5, 5.41) is 8.36. The van der Waals surface area contributed by atoms with Crippen LogP contribution in [-0.4, -0.2) is 42.9 Å². The molecule has 0 atom stereocenters. The fraction of sp³-hybridized carbons (Fsp3) is 0.462. The summed E-state index contributed by atoms with van der Waals surface area (Å²) in [6.07, 6.45) is 9.92. The summed E-state index contributed by atoms with van der Waals surface area (Å²) in [4.78, 5) is 27.2. The van der Waals surface area contributed by atoms with Crippen molar-refractivity contribution in [2.24, 2.45) is 5.92 Å². The number of hydrogen-bond acceptors (Lipinski definition) is 3. The van der Waals surface area contributed by atoms with Crippen LogP contribution in [0.2, 0.25) is 0 Å². The monoisotopic (exact) mass is 419 g/mol. The maximum absolute atomic E-state index is 12.6. The lowest BCUT2D eigenvalue weighted by molar-refractivity contribution is -0.126. The zero-order valence-electron chi connectivity index (χ0n) is 18.2. The van der Waals surface area contributed by atoms with Gasteiger partial charge in [0, 0.05) is 23.5 Å². The third kappa shape index (κ3) is 5.95. The van der Waals surface area contributed by atoms with Crippen molar-refractivity contribution in [3.05, 3.63) is 54.1 Å². The maximum atomic E-state index is 12.6. The van der Waals surface area contributed by atoms with E-state index in [1.54, 1.807) is 0 Å². The minimum atomic E-state index is 0.0000105. The lowest BCUT2D eigenvalue weighted by Crippen LogP contribution is -2.43. The van der Waals surface area contributed by atoms with Crippen molar-refractivity contribution in [2.75, 3.05) is 31.5 Å². The first-order valence-corrected chi connectivity index (χ1v) is 11.6. The number of hydrogen-bond donors (Lipinski definition) is 2. The number of likely N-dealkylation sites (tertiary alicyclic amines) is 1. The number of fused-ring (bicyclic) bond motifs is 1. The number of allylic oxidation sites excluding steroid dienone is 1. The average molecular weight is 420 g/mol. The molecule has 0 aromatic heterocycles. The second-order valence-electron chi connectivity index (χ2n) is 8.77. The van der Waals surface area contributed by atoms with Gasteiger partial charge < -0.3 is 10.6 Å². The van der Waals surface area contributed by atoms with Crippen molar-refractivity contribution in [3.63, 3.8) is 0 Å². The predicted octanol–water partition coefficient (Wildman–Crippen LogP) is 4.50. The van der Waals surface area contributed by atoms with Crippen molar-refractivity contribution < 1.29 is 9.59 Å². The Hall–Kier alpha value is -2.66. The van der Waals surface area contributed by atoms with E-state index in [1.807, 2.05) is 42.5 Å². The summed E-state index contributed by atoms with van der Waals surface area (Å²) in [5.41, 5.74) is 2.35. The number of piperidine rings is 1. The summed E-state index contributed by atoms with van der Waals surface area (Å²) in [7, 11) is 0. The minimum absolute atomic E-state index is 0.0000105. The lowest BCUT2D eigenvalue weighted by atomic mass is 9.95. The molecule has 0 saturated carbocycles. The third-order valence-electron chi connectivity index (χ3n) is 6.52. The van der Waals surface area contributed by atoms with E-state index in [1.165, 1.54) is 31.3 Å². The number of amides is 2. The van der Waals surface area contributed by atoms with Crippen LogP contribution in [0, 0.1) is 5.92 Å². The van der Waals surface area contributed by atoms with E-state index in [0.29, 0.717) is 6.54 Å². The molecular formula is C26H33N3O2. The summed E-state index contributed by atoms with van der Waals surface area (Å²) >= 11 is 0. The first-order valence-electron chi connectivity index (χ1n) is 11.6. The van der Waals surface area contributed by atoms with Gasteiger partial charge in [0.2, 0.25) is 11.8 Å². The van der Waals surface area contributed by atoms with Crippen LogP contribution in [0.4, 0.5) is 5.69 Å². The highest BCUT2D eigenvalue weighted by Gasteiger charge is 2.25. The summed E-state index contributed by atoms with van der Waals surface area (Å²) < 4.78 is 0. The Morgan fingerprint density at radius 2 is 1.81 bits per heavy atom. The zero-order valence-corrected chi connectivity index (χ0v) is 18.2. The number of carbonyl (C=O) groups is 2. The van der Waals surface area contributed by atoms with Crippen molar-refractivity contribution in [1.82, 2.24) is 10.2 Å². The van der Waals surface area contributed by atoms with E-state index >= 15 is 0 Å². The predicted molar refractivity (Wildman–Crippen MR) is 126 cm³/mol. The fourth-order valence-corrected chi connectivity index (χ4v) is 4.70. The Labute approximate surface area is 184 Å². The molecule has 0 spiro atoms. The molecule has 1 aliphatic heterocycles. The van der Waals surface area contributed by atoms with E-state index in [9.17, 15) is 9.59 Å². The van der Waals surface area contributed by atoms with E-state index in [-0.39, 0.29) is 17.7 Å². The SMILES string of the molecule is O=C(CN1CCC(C(=O)NCCC2=CCCCC2)CC1)Nc1cccc2ccccc12. The molecule has 0 bridgehead atoms. The number of benzene rings is 2. The van der Waals surface area contributed by atoms with Crippen LogP contribution in [0.15, 0.2) is 54.1 Å². The largest absolute Gasteiger partial charge is 0.356 e. The van der Waals surface area contributed by atoms with Crippen LogP contribution in [0.25, 0.3) is 10.8 Å². The number of nitrogens with one attached hydrogen (secondary N) is 2. The van der Waals surface area contributed by atoms with Gasteiger partial charge >= 0.3 is 0 Å². The van der Waals surface area contributed by atoms with E-state index < -0.39 is 0 Å². The molecule has 0 radical (unpaired) electrons. The Balaban J connectivity index is 1.19. The fourth-order valence-electron chi connectivity index (χ4n) is 4.70. The topological polar surface area (TPSA) is 61.4 Å². The number of nitrogens with zero attached hydrogens (tertiary/aromatic N) is 1. The zero-order chi connectivity index (χ0) is 21.5. The minimum Gasteiger partial charge on any atom is -0.356 e. The Morgan fingerprint density at radius 3 is 2.61 bits per heavy atom. The van der Waals surface area contributed by atoms with E-state index in [0.717, 1.165) is 55.4 Å². The highest BCUT2D eigenvalue weighted by atomic mass is 16.2. The Bertz CT molecular complexity index is 939. The molecule has 2 N–H and O–H groups in total. The highest BCUT2D eigenvalue weighted by molar-refractivity contribution is 6.02. The molecule has 1 fully saturated rings. The molecule has 5 heteroatoms. The molecular weight excluding hydrogens is 386 g/mol. The van der Waals surface area contributed by atoms with Gasteiger partial charge in [-0.1, -0.05) is 48.0 Å². The van der Waals surface area contributed by atoms with Crippen LogP contribution >= 0.6 is 0 Å². The van der Waals surface area contributed by atoms with Gasteiger partial charge in [-0.2, -0.15) is 0 Å².